The fourth-order valence-electron chi connectivity index (χ4n) is 1.64. The van der Waals surface area contributed by atoms with E-state index in [4.69, 9.17) is 16.4 Å². The van der Waals surface area contributed by atoms with Crippen LogP contribution in [0.1, 0.15) is 0 Å². The largest absolute Gasteiger partial charge is 0.382 e. The average Bonchev–Trinajstić information content (AvgIpc) is 2.48. The Bertz CT molecular complexity index is 799. The minimum absolute atomic E-state index is 0.188. The molecule has 0 aliphatic rings. The van der Waals surface area contributed by atoms with Gasteiger partial charge in [-0.15, -0.1) is 0 Å². The molecule has 104 valence electrons. The lowest BCUT2D eigenvalue weighted by molar-refractivity contribution is 1.24. The molecule has 5 N–H and O–H groups in total. The molecule has 7 nitrogen and oxygen atoms in total. The quantitative estimate of drug-likeness (QED) is 0.381. The monoisotopic (exact) mass is 280 g/mol. The van der Waals surface area contributed by atoms with Gasteiger partial charge in [-0.05, 0) is 18.2 Å². The number of hydrogen-bond acceptors (Lipinski definition) is 5. The number of nitriles is 1. The molecule has 0 saturated heterocycles. The van der Waals surface area contributed by atoms with Gasteiger partial charge < -0.3 is 10.7 Å². The van der Waals surface area contributed by atoms with E-state index in [-0.39, 0.29) is 11.3 Å². The highest BCUT2D eigenvalue weighted by Gasteiger charge is 2.02. The Morgan fingerprint density at radius 2 is 2.10 bits per heavy atom. The van der Waals surface area contributed by atoms with E-state index >= 15 is 0 Å². The number of pyridine rings is 1. The minimum atomic E-state index is -0.409. The second-order valence-electron chi connectivity index (χ2n) is 4.11. The molecule has 2 rings (SSSR count). The maximum Gasteiger partial charge on any atom is 0.248 e. The van der Waals surface area contributed by atoms with Crippen molar-refractivity contribution in [1.82, 2.24) is 4.98 Å². The first kappa shape index (κ1) is 14.0. The zero-order valence-electron chi connectivity index (χ0n) is 10.9. The maximum absolute atomic E-state index is 11.3. The van der Waals surface area contributed by atoms with Gasteiger partial charge in [-0.25, -0.2) is 0 Å². The number of nitrogens with one attached hydrogen (secondary N) is 3. The highest BCUT2D eigenvalue weighted by Crippen LogP contribution is 2.19. The molecule has 0 aliphatic carbocycles. The predicted molar refractivity (Wildman–Crippen MR) is 81.1 cm³/mol. The Labute approximate surface area is 120 Å². The second-order valence-corrected chi connectivity index (χ2v) is 4.11. The van der Waals surface area contributed by atoms with Crippen LogP contribution in [0.5, 0.6) is 0 Å². The number of nitrogens with zero attached hydrogens (tertiary/aromatic N) is 2. The van der Waals surface area contributed by atoms with Crippen LogP contribution in [-0.2, 0) is 0 Å². The van der Waals surface area contributed by atoms with E-state index in [9.17, 15) is 4.79 Å². The summed E-state index contributed by atoms with van der Waals surface area (Å²) in [5.74, 6) is -0.409. The molecule has 1 heterocycles. The van der Waals surface area contributed by atoms with Crippen molar-refractivity contribution >= 4 is 17.2 Å². The molecule has 0 bridgehead atoms. The lowest BCUT2D eigenvalue weighted by atomic mass is 10.1. The minimum Gasteiger partial charge on any atom is -0.382 e. The zero-order valence-corrected chi connectivity index (χ0v) is 10.9. The Kier molecular flexibility index (Phi) is 4.11. The van der Waals surface area contributed by atoms with Gasteiger partial charge >= 0.3 is 0 Å². The topological polar surface area (TPSA) is 131 Å². The van der Waals surface area contributed by atoms with E-state index in [0.717, 1.165) is 5.56 Å². The van der Waals surface area contributed by atoms with Crippen molar-refractivity contribution < 1.29 is 0 Å². The van der Waals surface area contributed by atoms with E-state index in [1.165, 1.54) is 6.07 Å². The van der Waals surface area contributed by atoms with E-state index in [0.29, 0.717) is 11.4 Å². The first-order valence-corrected chi connectivity index (χ1v) is 5.98. The smallest absolute Gasteiger partial charge is 0.248 e. The van der Waals surface area contributed by atoms with Crippen molar-refractivity contribution in [3.63, 3.8) is 0 Å². The molecule has 0 aliphatic heterocycles. The normalized spacial score (nSPS) is 10.7. The second kappa shape index (κ2) is 6.16. The standard InChI is InChI=1S/C14H12N6O/c15-8-12(14(16)17)20-19-10-4-1-3-9(7-10)11-5-2-6-13(21)18-11/h1-7,19H,(H3,16,17)(H,18,21)/b20-12+. The van der Waals surface area contributed by atoms with E-state index in [1.807, 2.05) is 6.07 Å². The summed E-state index contributed by atoms with van der Waals surface area (Å²) < 4.78 is 0. The first-order chi connectivity index (χ1) is 10.1. The van der Waals surface area contributed by atoms with Crippen LogP contribution < -0.4 is 16.7 Å². The predicted octanol–water partition coefficient (Wildman–Crippen LogP) is 1.27. The number of nitrogens with two attached hydrogens (primary N) is 1. The van der Waals surface area contributed by atoms with E-state index in [2.05, 4.69) is 15.5 Å². The highest BCUT2D eigenvalue weighted by atomic mass is 16.1. The summed E-state index contributed by atoms with van der Waals surface area (Å²) in [6.07, 6.45) is 0. The molecule has 7 heteroatoms. The van der Waals surface area contributed by atoms with Crippen molar-refractivity contribution in [3.05, 3.63) is 52.8 Å². The van der Waals surface area contributed by atoms with Gasteiger partial charge in [0.25, 0.3) is 0 Å². The SMILES string of the molecule is N#C/C(=N\Nc1cccc(-c2cccc(=O)[nH]2)c1)C(=N)N. The molecule has 21 heavy (non-hydrogen) atoms. The molecule has 0 atom stereocenters. The van der Waals surface area contributed by atoms with Gasteiger partial charge in [0.15, 0.2) is 5.84 Å². The maximum atomic E-state index is 11.3. The number of H-pyrrole nitrogens is 1. The van der Waals surface area contributed by atoms with E-state index in [1.54, 1.807) is 36.4 Å². The molecule has 0 spiro atoms. The third-order valence-corrected chi connectivity index (χ3v) is 2.60. The Morgan fingerprint density at radius 1 is 1.33 bits per heavy atom. The molecule has 0 fully saturated rings. The number of hydrogen-bond donors (Lipinski definition) is 4. The van der Waals surface area contributed by atoms with Crippen LogP contribution in [0, 0.1) is 16.7 Å². The number of aromatic nitrogens is 1. The van der Waals surface area contributed by atoms with Crippen molar-refractivity contribution in [2.24, 2.45) is 10.8 Å². The average molecular weight is 280 g/mol. The van der Waals surface area contributed by atoms with Gasteiger partial charge in [0, 0.05) is 17.3 Å². The third kappa shape index (κ3) is 3.54. The van der Waals surface area contributed by atoms with Gasteiger partial charge in [0.2, 0.25) is 11.3 Å². The van der Waals surface area contributed by atoms with Crippen molar-refractivity contribution in [2.75, 3.05) is 5.43 Å². The fourth-order valence-corrected chi connectivity index (χ4v) is 1.64. The third-order valence-electron chi connectivity index (χ3n) is 2.60. The molecule has 0 saturated carbocycles. The summed E-state index contributed by atoms with van der Waals surface area (Å²) >= 11 is 0. The summed E-state index contributed by atoms with van der Waals surface area (Å²) in [6, 6.07) is 13.7. The Balaban J connectivity index is 2.29. The van der Waals surface area contributed by atoms with Gasteiger partial charge in [0.1, 0.15) is 6.07 Å². The molecule has 1 aromatic heterocycles. The lowest BCUT2D eigenvalue weighted by Gasteiger charge is -2.05. The zero-order chi connectivity index (χ0) is 15.2. The number of benzene rings is 1. The lowest BCUT2D eigenvalue weighted by Crippen LogP contribution is -2.21. The summed E-state index contributed by atoms with van der Waals surface area (Å²) in [6.45, 7) is 0. The van der Waals surface area contributed by atoms with E-state index < -0.39 is 5.84 Å². The van der Waals surface area contributed by atoms with Gasteiger partial charge in [0.05, 0.1) is 5.69 Å². The van der Waals surface area contributed by atoms with Crippen LogP contribution in [0.4, 0.5) is 5.69 Å². The molecule has 1 aromatic carbocycles. The fraction of sp³-hybridized carbons (Fsp3) is 0. The molecule has 2 aromatic rings. The summed E-state index contributed by atoms with van der Waals surface area (Å²) in [4.78, 5) is 14.0. The Hall–Kier alpha value is -3.40. The molecular weight excluding hydrogens is 268 g/mol. The number of amidine groups is 1. The van der Waals surface area contributed by atoms with Crippen LogP contribution in [0.3, 0.4) is 0 Å². The number of aromatic amines is 1. The summed E-state index contributed by atoms with van der Waals surface area (Å²) in [5.41, 5.74) is 9.52. The molecule has 0 radical (unpaired) electrons. The Morgan fingerprint density at radius 3 is 2.76 bits per heavy atom. The van der Waals surface area contributed by atoms with Crippen LogP contribution in [0.2, 0.25) is 0 Å². The van der Waals surface area contributed by atoms with Crippen molar-refractivity contribution in [1.29, 1.82) is 10.7 Å². The van der Waals surface area contributed by atoms with Gasteiger partial charge in [-0.2, -0.15) is 10.4 Å². The van der Waals surface area contributed by atoms with Crippen LogP contribution in [-0.4, -0.2) is 16.5 Å². The van der Waals surface area contributed by atoms with Crippen LogP contribution in [0.15, 0.2) is 52.4 Å². The number of hydrazone groups is 1. The molecule has 0 amide bonds. The first-order valence-electron chi connectivity index (χ1n) is 5.98. The van der Waals surface area contributed by atoms with Gasteiger partial charge in [-0.3, -0.25) is 15.6 Å². The summed E-state index contributed by atoms with van der Waals surface area (Å²) in [7, 11) is 0. The van der Waals surface area contributed by atoms with Crippen LogP contribution >= 0.6 is 0 Å². The van der Waals surface area contributed by atoms with Crippen LogP contribution in [0.25, 0.3) is 11.3 Å². The number of rotatable bonds is 4. The van der Waals surface area contributed by atoms with Crippen molar-refractivity contribution in [3.8, 4) is 17.3 Å². The highest BCUT2D eigenvalue weighted by molar-refractivity contribution is 6.45. The molecular formula is C14H12N6O. The summed E-state index contributed by atoms with van der Waals surface area (Å²) in [5, 5.41) is 19.7. The number of anilines is 1. The molecule has 0 unspecified atom stereocenters. The van der Waals surface area contributed by atoms with Gasteiger partial charge in [-0.1, -0.05) is 18.2 Å². The van der Waals surface area contributed by atoms with Crippen molar-refractivity contribution in [2.45, 2.75) is 0 Å².